The van der Waals surface area contributed by atoms with Crippen LogP contribution in [0.4, 0.5) is 0 Å². The van der Waals surface area contributed by atoms with Gasteiger partial charge in [-0.25, -0.2) is 4.99 Å². The fraction of sp³-hybridized carbons (Fsp3) is 0.765. The van der Waals surface area contributed by atoms with Gasteiger partial charge in [-0.05, 0) is 38.2 Å². The van der Waals surface area contributed by atoms with Gasteiger partial charge in [0.05, 0.1) is 12.2 Å². The lowest BCUT2D eigenvalue weighted by Gasteiger charge is -2.21. The maximum Gasteiger partial charge on any atom is 0.191 e. The van der Waals surface area contributed by atoms with Crippen molar-refractivity contribution in [1.29, 1.82) is 0 Å². The van der Waals surface area contributed by atoms with Crippen molar-refractivity contribution in [2.75, 3.05) is 39.5 Å². The van der Waals surface area contributed by atoms with Gasteiger partial charge in [-0.1, -0.05) is 0 Å². The van der Waals surface area contributed by atoms with Crippen LogP contribution < -0.4 is 10.6 Å². The first-order valence-corrected chi connectivity index (χ1v) is 8.94. The lowest BCUT2D eigenvalue weighted by Crippen LogP contribution is -2.38. The number of ether oxygens (including phenoxy) is 2. The minimum absolute atomic E-state index is 0. The molecule has 1 aromatic heterocycles. The van der Waals surface area contributed by atoms with Gasteiger partial charge in [0, 0.05) is 52.8 Å². The highest BCUT2D eigenvalue weighted by Gasteiger charge is 2.13. The minimum atomic E-state index is 0. The number of hydrogen-bond donors (Lipinski definition) is 2. The first kappa shape index (κ1) is 22.2. The molecule has 0 spiro atoms. The maximum absolute atomic E-state index is 5.78. The molecule has 0 bridgehead atoms. The van der Waals surface area contributed by atoms with Crippen LogP contribution in [0, 0.1) is 5.92 Å². The molecule has 1 aromatic rings. The van der Waals surface area contributed by atoms with Crippen LogP contribution >= 0.6 is 24.0 Å². The van der Waals surface area contributed by atoms with Gasteiger partial charge in [0.2, 0.25) is 0 Å². The van der Waals surface area contributed by atoms with Crippen molar-refractivity contribution in [2.24, 2.45) is 18.0 Å². The standard InChI is InChI=1S/C17H31N5O2.HI/c1-3-18-17(20-13-16-5-9-21-22(16)2)19-8-4-10-24-14-15-6-11-23-12-7-15;/h5,9,15H,3-4,6-8,10-14H2,1-2H3,(H2,18,19,20);1H. The molecule has 0 amide bonds. The van der Waals surface area contributed by atoms with Crippen LogP contribution in [0.1, 0.15) is 31.9 Å². The Morgan fingerprint density at radius 3 is 2.88 bits per heavy atom. The molecule has 2 rings (SSSR count). The van der Waals surface area contributed by atoms with Crippen LogP contribution in [-0.4, -0.2) is 55.3 Å². The van der Waals surface area contributed by atoms with Crippen LogP contribution in [0.25, 0.3) is 0 Å². The number of aromatic nitrogens is 2. The average molecular weight is 465 g/mol. The van der Waals surface area contributed by atoms with E-state index in [1.54, 1.807) is 6.20 Å². The summed E-state index contributed by atoms with van der Waals surface area (Å²) < 4.78 is 13.0. The van der Waals surface area contributed by atoms with Gasteiger partial charge >= 0.3 is 0 Å². The molecular formula is C17H32IN5O2. The summed E-state index contributed by atoms with van der Waals surface area (Å²) in [5.74, 6) is 1.51. The summed E-state index contributed by atoms with van der Waals surface area (Å²) in [6.45, 7) is 7.79. The Hall–Kier alpha value is -0.870. The Morgan fingerprint density at radius 2 is 2.20 bits per heavy atom. The van der Waals surface area contributed by atoms with E-state index in [0.29, 0.717) is 12.5 Å². The molecule has 0 unspecified atom stereocenters. The molecule has 1 aliphatic rings. The van der Waals surface area contributed by atoms with E-state index >= 15 is 0 Å². The number of guanidine groups is 1. The fourth-order valence-electron chi connectivity index (χ4n) is 2.60. The molecule has 7 nitrogen and oxygen atoms in total. The zero-order valence-electron chi connectivity index (χ0n) is 15.4. The predicted molar refractivity (Wildman–Crippen MR) is 110 cm³/mol. The molecule has 25 heavy (non-hydrogen) atoms. The Balaban J connectivity index is 0.00000312. The summed E-state index contributed by atoms with van der Waals surface area (Å²) in [5, 5.41) is 10.8. The van der Waals surface area contributed by atoms with E-state index in [1.165, 1.54) is 0 Å². The molecular weight excluding hydrogens is 433 g/mol. The summed E-state index contributed by atoms with van der Waals surface area (Å²) in [6.07, 6.45) is 5.02. The molecule has 0 aromatic carbocycles. The monoisotopic (exact) mass is 465 g/mol. The summed E-state index contributed by atoms with van der Waals surface area (Å²) in [7, 11) is 1.93. The zero-order valence-corrected chi connectivity index (χ0v) is 17.7. The highest BCUT2D eigenvalue weighted by atomic mass is 127. The third-order valence-corrected chi connectivity index (χ3v) is 4.12. The molecule has 0 atom stereocenters. The number of aryl methyl sites for hydroxylation is 1. The maximum atomic E-state index is 5.78. The Labute approximate surface area is 168 Å². The molecule has 144 valence electrons. The first-order valence-electron chi connectivity index (χ1n) is 8.94. The molecule has 0 aliphatic carbocycles. The van der Waals surface area contributed by atoms with Gasteiger partial charge in [0.1, 0.15) is 0 Å². The Kier molecular flexibility index (Phi) is 11.8. The molecule has 1 fully saturated rings. The van der Waals surface area contributed by atoms with Gasteiger partial charge < -0.3 is 20.1 Å². The lowest BCUT2D eigenvalue weighted by atomic mass is 10.0. The third-order valence-electron chi connectivity index (χ3n) is 4.12. The minimum Gasteiger partial charge on any atom is -0.381 e. The Morgan fingerprint density at radius 1 is 1.40 bits per heavy atom. The van der Waals surface area contributed by atoms with Gasteiger partial charge in [-0.15, -0.1) is 24.0 Å². The number of halogens is 1. The average Bonchev–Trinajstić information content (AvgIpc) is 3.01. The van der Waals surface area contributed by atoms with E-state index in [9.17, 15) is 0 Å². The van der Waals surface area contributed by atoms with Crippen molar-refractivity contribution in [3.63, 3.8) is 0 Å². The summed E-state index contributed by atoms with van der Waals surface area (Å²) in [6, 6.07) is 1.98. The van der Waals surface area contributed by atoms with Crippen LogP contribution in [0.15, 0.2) is 17.3 Å². The largest absolute Gasteiger partial charge is 0.381 e. The second-order valence-corrected chi connectivity index (χ2v) is 6.05. The third kappa shape index (κ3) is 8.87. The van der Waals surface area contributed by atoms with Crippen molar-refractivity contribution in [1.82, 2.24) is 20.4 Å². The van der Waals surface area contributed by atoms with E-state index in [1.807, 2.05) is 17.8 Å². The summed E-state index contributed by atoms with van der Waals surface area (Å²) in [4.78, 5) is 4.59. The zero-order chi connectivity index (χ0) is 17.0. The SMILES string of the molecule is CCNC(=NCc1ccnn1C)NCCCOCC1CCOCC1.I. The van der Waals surface area contributed by atoms with Gasteiger partial charge in [0.25, 0.3) is 0 Å². The second-order valence-electron chi connectivity index (χ2n) is 6.05. The molecule has 1 saturated heterocycles. The number of rotatable bonds is 9. The molecule has 2 heterocycles. The van der Waals surface area contributed by atoms with Gasteiger partial charge in [-0.2, -0.15) is 5.10 Å². The highest BCUT2D eigenvalue weighted by molar-refractivity contribution is 14.0. The lowest BCUT2D eigenvalue weighted by molar-refractivity contribution is 0.0203. The van der Waals surface area contributed by atoms with Crippen LogP contribution in [-0.2, 0) is 23.1 Å². The van der Waals surface area contributed by atoms with E-state index in [-0.39, 0.29) is 24.0 Å². The van der Waals surface area contributed by atoms with E-state index in [0.717, 1.165) is 70.4 Å². The molecule has 2 N–H and O–H groups in total. The fourth-order valence-corrected chi connectivity index (χ4v) is 2.60. The van der Waals surface area contributed by atoms with Gasteiger partial charge in [0.15, 0.2) is 5.96 Å². The van der Waals surface area contributed by atoms with Crippen molar-refractivity contribution >= 4 is 29.9 Å². The molecule has 1 aliphatic heterocycles. The first-order chi connectivity index (χ1) is 11.8. The molecule has 0 radical (unpaired) electrons. The van der Waals surface area contributed by atoms with Crippen molar-refractivity contribution in [2.45, 2.75) is 32.7 Å². The molecule has 0 saturated carbocycles. The number of nitrogens with zero attached hydrogens (tertiary/aromatic N) is 3. The van der Waals surface area contributed by atoms with E-state index < -0.39 is 0 Å². The normalized spacial score (nSPS) is 15.7. The predicted octanol–water partition coefficient (Wildman–Crippen LogP) is 1.93. The highest BCUT2D eigenvalue weighted by Crippen LogP contribution is 2.14. The summed E-state index contributed by atoms with van der Waals surface area (Å²) >= 11 is 0. The van der Waals surface area contributed by atoms with Crippen molar-refractivity contribution in [3.8, 4) is 0 Å². The number of nitrogens with one attached hydrogen (secondary N) is 2. The molecule has 8 heteroatoms. The smallest absolute Gasteiger partial charge is 0.191 e. The number of aliphatic imine (C=N–C) groups is 1. The van der Waals surface area contributed by atoms with Crippen molar-refractivity contribution < 1.29 is 9.47 Å². The van der Waals surface area contributed by atoms with Crippen LogP contribution in [0.5, 0.6) is 0 Å². The summed E-state index contributed by atoms with van der Waals surface area (Å²) in [5.41, 5.74) is 1.09. The van der Waals surface area contributed by atoms with E-state index in [2.05, 4.69) is 27.6 Å². The second kappa shape index (κ2) is 13.3. The quantitative estimate of drug-likeness (QED) is 0.253. The van der Waals surface area contributed by atoms with E-state index in [4.69, 9.17) is 9.47 Å². The Bertz CT molecular complexity index is 489. The van der Waals surface area contributed by atoms with Crippen molar-refractivity contribution in [3.05, 3.63) is 18.0 Å². The topological polar surface area (TPSA) is 72.7 Å². The van der Waals surface area contributed by atoms with Crippen LogP contribution in [0.2, 0.25) is 0 Å². The number of hydrogen-bond acceptors (Lipinski definition) is 4. The van der Waals surface area contributed by atoms with Gasteiger partial charge in [-0.3, -0.25) is 4.68 Å². The van der Waals surface area contributed by atoms with Crippen LogP contribution in [0.3, 0.4) is 0 Å².